The third-order valence-corrected chi connectivity index (χ3v) is 4.02. The van der Waals surface area contributed by atoms with Crippen molar-refractivity contribution >= 4 is 5.97 Å². The molecule has 6 nitrogen and oxygen atoms in total. The smallest absolute Gasteiger partial charge is 0.320 e. The standard InChI is InChI=1S/C12H24N2.C6H14N2O2/c1-3-4-5-6-7-8-9-14-11-10-13(2)12-14;7-4-2-1-3-5(8)6(9)10/h10-11H,3-9,12H2,1-2H3;5H,1-4,7-8H2,(H,9,10)/t;5-/m.0/s1. The zero-order chi connectivity index (χ0) is 18.2. The van der Waals surface area contributed by atoms with Crippen LogP contribution in [0.4, 0.5) is 0 Å². The molecule has 0 saturated heterocycles. The molecule has 24 heavy (non-hydrogen) atoms. The lowest BCUT2D eigenvalue weighted by atomic mass is 10.1. The summed E-state index contributed by atoms with van der Waals surface area (Å²) < 4.78 is 0. The van der Waals surface area contributed by atoms with Crippen molar-refractivity contribution in [3.05, 3.63) is 12.4 Å². The highest BCUT2D eigenvalue weighted by molar-refractivity contribution is 5.72. The number of carboxylic acid groups (broad SMARTS) is 1. The van der Waals surface area contributed by atoms with E-state index in [1.807, 2.05) is 0 Å². The maximum atomic E-state index is 10.1. The van der Waals surface area contributed by atoms with Gasteiger partial charge in [0.1, 0.15) is 6.04 Å². The summed E-state index contributed by atoms with van der Waals surface area (Å²) >= 11 is 0. The summed E-state index contributed by atoms with van der Waals surface area (Å²) in [6.45, 7) is 5.18. The molecule has 1 aliphatic heterocycles. The molecule has 1 rings (SSSR count). The van der Waals surface area contributed by atoms with Crippen LogP contribution in [0.2, 0.25) is 0 Å². The van der Waals surface area contributed by atoms with Crippen molar-refractivity contribution in [2.75, 3.05) is 26.8 Å². The van der Waals surface area contributed by atoms with Gasteiger partial charge in [-0.25, -0.2) is 0 Å². The van der Waals surface area contributed by atoms with Crippen LogP contribution in [0.3, 0.4) is 0 Å². The van der Waals surface area contributed by atoms with Crippen LogP contribution in [0.1, 0.15) is 64.7 Å². The molecule has 5 N–H and O–H groups in total. The summed E-state index contributed by atoms with van der Waals surface area (Å²) in [4.78, 5) is 14.7. The van der Waals surface area contributed by atoms with Crippen molar-refractivity contribution < 1.29 is 9.90 Å². The lowest BCUT2D eigenvalue weighted by molar-refractivity contribution is -0.138. The Balaban J connectivity index is 0.000000470. The molecule has 0 bridgehead atoms. The third kappa shape index (κ3) is 13.2. The largest absolute Gasteiger partial charge is 0.480 e. The van der Waals surface area contributed by atoms with Gasteiger partial charge in [0.2, 0.25) is 0 Å². The molecular formula is C18H38N4O2. The average Bonchev–Trinajstić information content (AvgIpc) is 2.97. The van der Waals surface area contributed by atoms with E-state index in [-0.39, 0.29) is 0 Å². The first-order valence-electron chi connectivity index (χ1n) is 9.32. The number of rotatable bonds is 12. The first-order chi connectivity index (χ1) is 11.5. The molecule has 0 spiro atoms. The highest BCUT2D eigenvalue weighted by Gasteiger charge is 2.09. The van der Waals surface area contributed by atoms with Gasteiger partial charge in [-0.1, -0.05) is 45.4 Å². The van der Waals surface area contributed by atoms with E-state index in [9.17, 15) is 4.79 Å². The Hall–Kier alpha value is -1.27. The first-order valence-corrected chi connectivity index (χ1v) is 9.32. The summed E-state index contributed by atoms with van der Waals surface area (Å²) in [6, 6.07) is -0.716. The Labute approximate surface area is 147 Å². The zero-order valence-corrected chi connectivity index (χ0v) is 15.6. The van der Waals surface area contributed by atoms with Gasteiger partial charge in [-0.05, 0) is 25.8 Å². The Morgan fingerprint density at radius 1 is 1.12 bits per heavy atom. The number of nitrogens with two attached hydrogens (primary N) is 2. The average molecular weight is 343 g/mol. The number of aliphatic carboxylic acids is 1. The fraction of sp³-hybridized carbons (Fsp3) is 0.833. The third-order valence-electron chi connectivity index (χ3n) is 4.02. The van der Waals surface area contributed by atoms with E-state index in [0.29, 0.717) is 13.0 Å². The van der Waals surface area contributed by atoms with Crippen molar-refractivity contribution in [1.29, 1.82) is 0 Å². The predicted molar refractivity (Wildman–Crippen MR) is 100 cm³/mol. The lowest BCUT2D eigenvalue weighted by Gasteiger charge is -2.17. The van der Waals surface area contributed by atoms with Crippen molar-refractivity contribution in [2.45, 2.75) is 70.8 Å². The molecule has 0 saturated carbocycles. The van der Waals surface area contributed by atoms with Gasteiger partial charge in [-0.15, -0.1) is 0 Å². The molecule has 0 aromatic rings. The second-order valence-corrected chi connectivity index (χ2v) is 6.51. The van der Waals surface area contributed by atoms with Crippen LogP contribution in [-0.4, -0.2) is 53.7 Å². The molecule has 0 unspecified atom stereocenters. The Bertz CT molecular complexity index is 337. The predicted octanol–water partition coefficient (Wildman–Crippen LogP) is 2.55. The Kier molecular flexibility index (Phi) is 14.5. The quantitative estimate of drug-likeness (QED) is 0.472. The first kappa shape index (κ1) is 22.7. The lowest BCUT2D eigenvalue weighted by Crippen LogP contribution is -2.29. The molecule has 0 aliphatic carbocycles. The Morgan fingerprint density at radius 3 is 2.33 bits per heavy atom. The Morgan fingerprint density at radius 2 is 1.79 bits per heavy atom. The van der Waals surface area contributed by atoms with E-state index >= 15 is 0 Å². The van der Waals surface area contributed by atoms with Crippen LogP contribution >= 0.6 is 0 Å². The second kappa shape index (κ2) is 15.3. The van der Waals surface area contributed by atoms with E-state index in [1.54, 1.807) is 0 Å². The number of nitrogens with zero attached hydrogens (tertiary/aromatic N) is 2. The van der Waals surface area contributed by atoms with E-state index in [4.69, 9.17) is 16.6 Å². The van der Waals surface area contributed by atoms with Crippen molar-refractivity contribution in [2.24, 2.45) is 11.5 Å². The summed E-state index contributed by atoms with van der Waals surface area (Å²) in [5.41, 5.74) is 10.4. The maximum absolute atomic E-state index is 10.1. The van der Waals surface area contributed by atoms with Gasteiger partial charge in [0, 0.05) is 26.0 Å². The van der Waals surface area contributed by atoms with Crippen LogP contribution in [0.5, 0.6) is 0 Å². The highest BCUT2D eigenvalue weighted by atomic mass is 16.4. The van der Waals surface area contributed by atoms with Crippen LogP contribution in [0.25, 0.3) is 0 Å². The van der Waals surface area contributed by atoms with Gasteiger partial charge in [-0.3, -0.25) is 4.79 Å². The maximum Gasteiger partial charge on any atom is 0.320 e. The topological polar surface area (TPSA) is 95.8 Å². The van der Waals surface area contributed by atoms with Crippen molar-refractivity contribution in [3.63, 3.8) is 0 Å². The minimum Gasteiger partial charge on any atom is -0.480 e. The normalized spacial score (nSPS) is 14.5. The second-order valence-electron chi connectivity index (χ2n) is 6.51. The molecule has 0 radical (unpaired) electrons. The SMILES string of the molecule is CCCCCCCCN1C=CN(C)C1.NCCCC[C@H](N)C(=O)O. The number of hydrogen-bond donors (Lipinski definition) is 3. The number of hydrogen-bond acceptors (Lipinski definition) is 5. The molecule has 1 heterocycles. The van der Waals surface area contributed by atoms with Gasteiger partial charge >= 0.3 is 5.97 Å². The zero-order valence-electron chi connectivity index (χ0n) is 15.6. The summed E-state index contributed by atoms with van der Waals surface area (Å²) in [7, 11) is 2.12. The molecule has 0 fully saturated rings. The van der Waals surface area contributed by atoms with Crippen LogP contribution in [0.15, 0.2) is 12.4 Å². The minimum absolute atomic E-state index is 0.520. The molecule has 0 amide bonds. The number of unbranched alkanes of at least 4 members (excludes halogenated alkanes) is 6. The number of carboxylic acids is 1. The molecule has 6 heteroatoms. The van der Waals surface area contributed by atoms with Gasteiger partial charge in [0.25, 0.3) is 0 Å². The van der Waals surface area contributed by atoms with Gasteiger partial charge in [0.15, 0.2) is 0 Å². The molecule has 142 valence electrons. The van der Waals surface area contributed by atoms with Crippen LogP contribution in [-0.2, 0) is 4.79 Å². The van der Waals surface area contributed by atoms with Crippen LogP contribution < -0.4 is 11.5 Å². The minimum atomic E-state index is -0.933. The molecule has 1 atom stereocenters. The van der Waals surface area contributed by atoms with Crippen molar-refractivity contribution in [3.8, 4) is 0 Å². The van der Waals surface area contributed by atoms with Gasteiger partial charge < -0.3 is 26.4 Å². The molecule has 0 aromatic carbocycles. The monoisotopic (exact) mass is 342 g/mol. The van der Waals surface area contributed by atoms with Crippen LogP contribution in [0, 0.1) is 0 Å². The highest BCUT2D eigenvalue weighted by Crippen LogP contribution is 2.08. The summed E-state index contributed by atoms with van der Waals surface area (Å²) in [6.07, 6.45) is 14.9. The van der Waals surface area contributed by atoms with Crippen molar-refractivity contribution in [1.82, 2.24) is 9.80 Å². The van der Waals surface area contributed by atoms with E-state index in [0.717, 1.165) is 19.5 Å². The summed E-state index contributed by atoms with van der Waals surface area (Å²) in [5.74, 6) is -0.933. The fourth-order valence-electron chi connectivity index (χ4n) is 2.46. The number of carbonyl (C=O) groups is 1. The molecular weight excluding hydrogens is 304 g/mol. The van der Waals surface area contributed by atoms with E-state index in [1.165, 1.54) is 45.1 Å². The van der Waals surface area contributed by atoms with Gasteiger partial charge in [0.05, 0.1) is 6.67 Å². The van der Waals surface area contributed by atoms with E-state index in [2.05, 4.69) is 36.2 Å². The molecule has 0 aromatic heterocycles. The summed E-state index contributed by atoms with van der Waals surface area (Å²) in [5, 5.41) is 8.33. The fourth-order valence-corrected chi connectivity index (χ4v) is 2.46. The van der Waals surface area contributed by atoms with E-state index < -0.39 is 12.0 Å². The molecule has 1 aliphatic rings. The van der Waals surface area contributed by atoms with Gasteiger partial charge in [-0.2, -0.15) is 0 Å².